The van der Waals surface area contributed by atoms with Crippen LogP contribution in [-0.4, -0.2) is 14.2 Å². The Morgan fingerprint density at radius 3 is 2.83 bits per heavy atom. The predicted molar refractivity (Wildman–Crippen MR) is 49.5 cm³/mol. The first-order valence-corrected chi connectivity index (χ1v) is 5.74. The number of aryl methyl sites for hydroxylation is 1. The minimum atomic E-state index is -2.98. The SMILES string of the molecule is O=S1(=O)CCc2ccc(S)cc21. The van der Waals surface area contributed by atoms with Crippen LogP contribution in [0.2, 0.25) is 0 Å². The van der Waals surface area contributed by atoms with Gasteiger partial charge in [-0.25, -0.2) is 8.42 Å². The van der Waals surface area contributed by atoms with Crippen LogP contribution in [0.25, 0.3) is 0 Å². The van der Waals surface area contributed by atoms with Crippen molar-refractivity contribution < 1.29 is 8.42 Å². The lowest BCUT2D eigenvalue weighted by Crippen LogP contribution is -1.98. The Balaban J connectivity index is 2.73. The lowest BCUT2D eigenvalue weighted by molar-refractivity contribution is 0.600. The molecular formula is C8H8O2S2. The number of hydrogen-bond donors (Lipinski definition) is 1. The maximum absolute atomic E-state index is 11.4. The van der Waals surface area contributed by atoms with Crippen LogP contribution in [-0.2, 0) is 16.3 Å². The summed E-state index contributed by atoms with van der Waals surface area (Å²) in [7, 11) is -2.98. The van der Waals surface area contributed by atoms with E-state index in [0.717, 1.165) is 5.56 Å². The van der Waals surface area contributed by atoms with Crippen molar-refractivity contribution in [1.29, 1.82) is 0 Å². The highest BCUT2D eigenvalue weighted by Gasteiger charge is 2.25. The van der Waals surface area contributed by atoms with Crippen LogP contribution in [0.3, 0.4) is 0 Å². The van der Waals surface area contributed by atoms with Crippen molar-refractivity contribution in [2.24, 2.45) is 0 Å². The third kappa shape index (κ3) is 1.15. The molecule has 0 saturated carbocycles. The minimum Gasteiger partial charge on any atom is -0.224 e. The smallest absolute Gasteiger partial charge is 0.179 e. The summed E-state index contributed by atoms with van der Waals surface area (Å²) in [5.74, 6) is 0.250. The lowest BCUT2D eigenvalue weighted by atomic mass is 10.2. The minimum absolute atomic E-state index is 0.250. The first-order chi connectivity index (χ1) is 5.59. The average molecular weight is 200 g/mol. The average Bonchev–Trinajstić information content (AvgIpc) is 2.28. The fourth-order valence-electron chi connectivity index (χ4n) is 1.39. The summed E-state index contributed by atoms with van der Waals surface area (Å²) in [6, 6.07) is 5.28. The Kier molecular flexibility index (Phi) is 1.70. The normalized spacial score (nSPS) is 19.1. The van der Waals surface area contributed by atoms with Crippen LogP contribution in [0.5, 0.6) is 0 Å². The van der Waals surface area contributed by atoms with Crippen molar-refractivity contribution >= 4 is 22.5 Å². The summed E-state index contributed by atoms with van der Waals surface area (Å²) in [6.07, 6.45) is 0.645. The molecule has 64 valence electrons. The fraction of sp³-hybridized carbons (Fsp3) is 0.250. The van der Waals surface area contributed by atoms with Crippen molar-refractivity contribution in [3.8, 4) is 0 Å². The summed E-state index contributed by atoms with van der Waals surface area (Å²) in [4.78, 5) is 1.18. The van der Waals surface area contributed by atoms with Crippen LogP contribution in [0.4, 0.5) is 0 Å². The Morgan fingerprint density at radius 2 is 2.08 bits per heavy atom. The summed E-state index contributed by atoms with van der Waals surface area (Å²) in [5.41, 5.74) is 0.924. The zero-order chi connectivity index (χ0) is 8.77. The molecule has 12 heavy (non-hydrogen) atoms. The molecule has 0 amide bonds. The van der Waals surface area contributed by atoms with Gasteiger partial charge in [0.05, 0.1) is 10.6 Å². The van der Waals surface area contributed by atoms with Crippen LogP contribution in [0, 0.1) is 0 Å². The molecule has 1 aliphatic heterocycles. The maximum atomic E-state index is 11.4. The monoisotopic (exact) mass is 200 g/mol. The summed E-state index contributed by atoms with van der Waals surface area (Å²) >= 11 is 4.10. The first-order valence-electron chi connectivity index (χ1n) is 3.64. The van der Waals surface area contributed by atoms with Gasteiger partial charge in [-0.15, -0.1) is 12.6 Å². The van der Waals surface area contributed by atoms with Gasteiger partial charge in [0, 0.05) is 4.90 Å². The fourth-order valence-corrected chi connectivity index (χ4v) is 3.27. The molecule has 0 spiro atoms. The number of sulfone groups is 1. The molecule has 1 aromatic carbocycles. The number of hydrogen-bond acceptors (Lipinski definition) is 3. The van der Waals surface area contributed by atoms with Gasteiger partial charge in [0.2, 0.25) is 0 Å². The van der Waals surface area contributed by atoms with E-state index in [-0.39, 0.29) is 5.75 Å². The Labute approximate surface area is 76.9 Å². The van der Waals surface area contributed by atoms with Crippen LogP contribution in [0.1, 0.15) is 5.56 Å². The van der Waals surface area contributed by atoms with Gasteiger partial charge in [-0.05, 0) is 24.1 Å². The molecule has 0 fully saturated rings. The number of rotatable bonds is 0. The molecular weight excluding hydrogens is 192 g/mol. The summed E-state index contributed by atoms with van der Waals surface area (Å²) < 4.78 is 22.7. The molecule has 2 rings (SSSR count). The zero-order valence-corrected chi connectivity index (χ0v) is 8.03. The molecule has 0 unspecified atom stereocenters. The van der Waals surface area contributed by atoms with Crippen LogP contribution >= 0.6 is 12.6 Å². The Bertz CT molecular complexity index is 421. The van der Waals surface area contributed by atoms with E-state index in [4.69, 9.17) is 0 Å². The number of benzene rings is 1. The third-order valence-corrected chi connectivity index (χ3v) is 4.10. The van der Waals surface area contributed by atoms with Gasteiger partial charge in [-0.1, -0.05) is 6.07 Å². The highest BCUT2D eigenvalue weighted by molar-refractivity contribution is 7.91. The van der Waals surface area contributed by atoms with E-state index in [1.807, 2.05) is 12.1 Å². The molecule has 0 atom stereocenters. The molecule has 2 nitrogen and oxygen atoms in total. The molecule has 0 bridgehead atoms. The van der Waals surface area contributed by atoms with E-state index in [2.05, 4.69) is 12.6 Å². The third-order valence-electron chi connectivity index (χ3n) is 2.03. The number of fused-ring (bicyclic) bond motifs is 1. The molecule has 0 radical (unpaired) electrons. The van der Waals surface area contributed by atoms with Crippen molar-refractivity contribution in [2.45, 2.75) is 16.2 Å². The van der Waals surface area contributed by atoms with E-state index >= 15 is 0 Å². The maximum Gasteiger partial charge on any atom is 0.179 e. The Morgan fingerprint density at radius 1 is 1.33 bits per heavy atom. The van der Waals surface area contributed by atoms with E-state index in [0.29, 0.717) is 16.2 Å². The van der Waals surface area contributed by atoms with Gasteiger partial charge in [-0.2, -0.15) is 0 Å². The lowest BCUT2D eigenvalue weighted by Gasteiger charge is -1.97. The summed E-state index contributed by atoms with van der Waals surface area (Å²) in [5, 5.41) is 0. The Hall–Kier alpha value is -0.480. The van der Waals surface area contributed by atoms with Gasteiger partial charge < -0.3 is 0 Å². The van der Waals surface area contributed by atoms with Gasteiger partial charge in [-0.3, -0.25) is 0 Å². The van der Waals surface area contributed by atoms with Gasteiger partial charge in [0.1, 0.15) is 0 Å². The van der Waals surface area contributed by atoms with E-state index in [1.54, 1.807) is 6.07 Å². The van der Waals surface area contributed by atoms with Gasteiger partial charge >= 0.3 is 0 Å². The molecule has 1 heterocycles. The molecule has 4 heteroatoms. The van der Waals surface area contributed by atoms with E-state index < -0.39 is 9.84 Å². The first kappa shape index (κ1) is 8.13. The quantitative estimate of drug-likeness (QED) is 0.641. The number of thiol groups is 1. The largest absolute Gasteiger partial charge is 0.224 e. The van der Waals surface area contributed by atoms with Crippen molar-refractivity contribution in [3.05, 3.63) is 23.8 Å². The van der Waals surface area contributed by atoms with Crippen LogP contribution in [0.15, 0.2) is 28.0 Å². The molecule has 1 aliphatic rings. The van der Waals surface area contributed by atoms with E-state index in [1.165, 1.54) is 0 Å². The second-order valence-corrected chi connectivity index (χ2v) is 5.45. The van der Waals surface area contributed by atoms with Gasteiger partial charge in [0.25, 0.3) is 0 Å². The van der Waals surface area contributed by atoms with E-state index in [9.17, 15) is 8.42 Å². The second kappa shape index (κ2) is 2.50. The molecule has 0 N–H and O–H groups in total. The van der Waals surface area contributed by atoms with Crippen molar-refractivity contribution in [1.82, 2.24) is 0 Å². The highest BCUT2D eigenvalue weighted by atomic mass is 32.2. The molecule has 0 aliphatic carbocycles. The molecule has 0 saturated heterocycles. The summed E-state index contributed by atoms with van der Waals surface area (Å²) in [6.45, 7) is 0. The standard InChI is InChI=1S/C8H8O2S2/c9-12(10)4-3-6-1-2-7(11)5-8(6)12/h1-2,5,11H,3-4H2. The van der Waals surface area contributed by atoms with Gasteiger partial charge in [0.15, 0.2) is 9.84 Å². The van der Waals surface area contributed by atoms with Crippen molar-refractivity contribution in [2.75, 3.05) is 5.75 Å². The zero-order valence-electron chi connectivity index (χ0n) is 6.32. The topological polar surface area (TPSA) is 34.1 Å². The van der Waals surface area contributed by atoms with Crippen molar-refractivity contribution in [3.63, 3.8) is 0 Å². The molecule has 0 aromatic heterocycles. The second-order valence-electron chi connectivity index (χ2n) is 2.86. The van der Waals surface area contributed by atoms with Crippen LogP contribution < -0.4 is 0 Å². The highest BCUT2D eigenvalue weighted by Crippen LogP contribution is 2.27. The predicted octanol–water partition coefficient (Wildman–Crippen LogP) is 1.31. The molecule has 1 aromatic rings.